The molecule has 0 bridgehead atoms. The van der Waals surface area contributed by atoms with Crippen LogP contribution in [0.3, 0.4) is 0 Å². The number of carbonyl (C=O) groups excluding carboxylic acids is 4. The summed E-state index contributed by atoms with van der Waals surface area (Å²) in [6.07, 6.45) is 6.14. The predicted molar refractivity (Wildman–Crippen MR) is 226 cm³/mol. The average Bonchev–Trinajstić information content (AvgIpc) is 3.59. The average molecular weight is 801 g/mol. The number of fused-ring (bicyclic) bond motifs is 2. The number of rotatable bonds is 11. The summed E-state index contributed by atoms with van der Waals surface area (Å²) in [7, 11) is 4.12. The number of piperazine rings is 2. The molecule has 4 fully saturated rings. The van der Waals surface area contributed by atoms with Crippen LogP contribution in [0.4, 0.5) is 0 Å². The SMILES string of the molecule is C=CCN1CC(=O)N2[C@@H](Cc3ccc(O)cc3)C(=O)N(Cc3cccc4c(C(=O)N5CCN(C6CCN(C)CC6)CC5)cn(C)c34)C[C@@H]2N1C(=O)CCc1ccccc1. The number of hydrogen-bond donors (Lipinski definition) is 1. The molecule has 1 N–H and O–H groups in total. The molecule has 4 aliphatic rings. The number of benzene rings is 3. The third kappa shape index (κ3) is 8.37. The van der Waals surface area contributed by atoms with Gasteiger partial charge in [0.15, 0.2) is 0 Å². The van der Waals surface area contributed by atoms with Gasteiger partial charge in [-0.05, 0) is 68.2 Å². The Morgan fingerprint density at radius 2 is 1.59 bits per heavy atom. The molecule has 0 aliphatic carbocycles. The lowest BCUT2D eigenvalue weighted by atomic mass is 9.97. The van der Waals surface area contributed by atoms with Crippen LogP contribution in [0, 0.1) is 0 Å². The van der Waals surface area contributed by atoms with E-state index in [1.165, 1.54) is 12.8 Å². The molecule has 4 amide bonds. The van der Waals surface area contributed by atoms with Gasteiger partial charge in [0.05, 0.1) is 24.2 Å². The fourth-order valence-corrected chi connectivity index (χ4v) is 9.65. The molecule has 0 radical (unpaired) electrons. The molecule has 0 saturated carbocycles. The monoisotopic (exact) mass is 800 g/mol. The molecular weight excluding hydrogens is 745 g/mol. The zero-order valence-corrected chi connectivity index (χ0v) is 34.3. The highest BCUT2D eigenvalue weighted by molar-refractivity contribution is 6.07. The van der Waals surface area contributed by atoms with Crippen molar-refractivity contribution in [1.82, 2.24) is 39.1 Å². The van der Waals surface area contributed by atoms with Crippen molar-refractivity contribution >= 4 is 34.5 Å². The molecule has 5 heterocycles. The van der Waals surface area contributed by atoms with Crippen LogP contribution in [0.1, 0.15) is 46.3 Å². The maximum absolute atomic E-state index is 14.8. The Balaban J connectivity index is 1.07. The standard InChI is InChI=1S/C46H56N8O5/c1-4-21-52-32-43(57)53-40(28-34-13-16-37(55)17-14-34)46(59)51(31-41(53)54(52)42(56)18-15-33-9-6-5-7-10-33)29-35-11-8-12-38-39(30-48(3)44(35)38)45(58)50-26-24-49(25-27-50)36-19-22-47(2)23-20-36/h4-14,16-17,30,36,40-41,55H,1,15,18-29,31-32H2,2-3H3/t40-,41-/m0/s1. The van der Waals surface area contributed by atoms with E-state index >= 15 is 0 Å². The Labute approximate surface area is 346 Å². The summed E-state index contributed by atoms with van der Waals surface area (Å²) in [5.74, 6) is -0.476. The van der Waals surface area contributed by atoms with Gasteiger partial charge in [-0.1, -0.05) is 66.7 Å². The number of piperidine rings is 1. The number of aryl methyl sites for hydroxylation is 2. The minimum Gasteiger partial charge on any atom is -0.508 e. The zero-order valence-electron chi connectivity index (χ0n) is 34.3. The molecular formula is C46H56N8O5. The summed E-state index contributed by atoms with van der Waals surface area (Å²) in [5.41, 5.74) is 4.20. The van der Waals surface area contributed by atoms with Gasteiger partial charge in [0.1, 0.15) is 18.0 Å². The first-order valence-corrected chi connectivity index (χ1v) is 21.0. The number of nitrogens with zero attached hydrogens (tertiary/aromatic N) is 8. The van der Waals surface area contributed by atoms with E-state index in [1.807, 2.05) is 71.2 Å². The number of phenolic OH excluding ortho intramolecular Hbond substituents is 1. The van der Waals surface area contributed by atoms with Crippen molar-refractivity contribution in [3.63, 3.8) is 0 Å². The van der Waals surface area contributed by atoms with E-state index in [0.717, 1.165) is 53.8 Å². The number of aromatic hydroxyl groups is 1. The number of hydrazine groups is 1. The molecule has 8 rings (SSSR count). The van der Waals surface area contributed by atoms with Gasteiger partial charge in [-0.3, -0.25) is 24.1 Å². The van der Waals surface area contributed by atoms with Crippen LogP contribution in [0.5, 0.6) is 5.75 Å². The zero-order chi connectivity index (χ0) is 41.2. The second-order valence-electron chi connectivity index (χ2n) is 16.6. The number of aromatic nitrogens is 1. The van der Waals surface area contributed by atoms with Crippen LogP contribution in [-0.4, -0.2) is 152 Å². The second-order valence-corrected chi connectivity index (χ2v) is 16.6. The van der Waals surface area contributed by atoms with Gasteiger partial charge >= 0.3 is 0 Å². The third-order valence-corrected chi connectivity index (χ3v) is 12.7. The molecule has 2 atom stereocenters. The van der Waals surface area contributed by atoms with Gasteiger partial charge in [-0.15, -0.1) is 6.58 Å². The maximum Gasteiger partial charge on any atom is 0.256 e. The number of hydrogen-bond acceptors (Lipinski definition) is 8. The molecule has 310 valence electrons. The van der Waals surface area contributed by atoms with Gasteiger partial charge < -0.3 is 29.3 Å². The highest BCUT2D eigenvalue weighted by Crippen LogP contribution is 2.33. The number of para-hydroxylation sites is 1. The Hall–Kier alpha value is -5.50. The van der Waals surface area contributed by atoms with E-state index in [-0.39, 0.29) is 68.4 Å². The number of carbonyl (C=O) groups is 4. The van der Waals surface area contributed by atoms with E-state index in [0.29, 0.717) is 31.1 Å². The van der Waals surface area contributed by atoms with Gasteiger partial charge in [0.2, 0.25) is 17.7 Å². The first-order chi connectivity index (χ1) is 28.6. The summed E-state index contributed by atoms with van der Waals surface area (Å²) >= 11 is 0. The van der Waals surface area contributed by atoms with Crippen molar-refractivity contribution in [3.8, 4) is 5.75 Å². The van der Waals surface area contributed by atoms with Gasteiger partial charge in [0, 0.05) is 76.8 Å². The van der Waals surface area contributed by atoms with E-state index in [4.69, 9.17) is 0 Å². The van der Waals surface area contributed by atoms with Crippen LogP contribution < -0.4 is 0 Å². The minimum absolute atomic E-state index is 0.0158. The third-order valence-electron chi connectivity index (χ3n) is 12.7. The fourth-order valence-electron chi connectivity index (χ4n) is 9.65. The molecule has 13 nitrogen and oxygen atoms in total. The minimum atomic E-state index is -0.890. The first-order valence-electron chi connectivity index (χ1n) is 21.0. The smallest absolute Gasteiger partial charge is 0.256 e. The van der Waals surface area contributed by atoms with Crippen molar-refractivity contribution in [3.05, 3.63) is 114 Å². The quantitative estimate of drug-likeness (QED) is 0.229. The predicted octanol–water partition coefficient (Wildman–Crippen LogP) is 3.72. The van der Waals surface area contributed by atoms with Crippen molar-refractivity contribution < 1.29 is 24.3 Å². The Morgan fingerprint density at radius 3 is 2.31 bits per heavy atom. The number of amides is 4. The lowest BCUT2D eigenvalue weighted by molar-refractivity contribution is -0.205. The first kappa shape index (κ1) is 40.3. The maximum atomic E-state index is 14.8. The molecule has 0 unspecified atom stereocenters. The fraction of sp³-hybridized carbons (Fsp3) is 0.435. The van der Waals surface area contributed by atoms with Crippen LogP contribution in [0.25, 0.3) is 10.9 Å². The highest BCUT2D eigenvalue weighted by Gasteiger charge is 2.51. The molecule has 13 heteroatoms. The summed E-state index contributed by atoms with van der Waals surface area (Å²) in [4.78, 5) is 67.7. The van der Waals surface area contributed by atoms with Crippen molar-refractivity contribution in [1.29, 1.82) is 0 Å². The lowest BCUT2D eigenvalue weighted by Gasteiger charge is -2.55. The summed E-state index contributed by atoms with van der Waals surface area (Å²) < 4.78 is 1.98. The molecule has 1 aromatic heterocycles. The van der Waals surface area contributed by atoms with E-state index in [2.05, 4.69) is 23.4 Å². The van der Waals surface area contributed by atoms with Crippen LogP contribution in [-0.2, 0) is 40.8 Å². The summed E-state index contributed by atoms with van der Waals surface area (Å²) in [6, 6.07) is 22.1. The summed E-state index contributed by atoms with van der Waals surface area (Å²) in [5, 5.41) is 14.3. The van der Waals surface area contributed by atoms with Gasteiger partial charge in [-0.25, -0.2) is 10.0 Å². The molecule has 4 aliphatic heterocycles. The molecule has 59 heavy (non-hydrogen) atoms. The Kier molecular flexibility index (Phi) is 11.9. The number of likely N-dealkylation sites (tertiary alicyclic amines) is 1. The Morgan fingerprint density at radius 1 is 0.864 bits per heavy atom. The summed E-state index contributed by atoms with van der Waals surface area (Å²) in [6.45, 7) is 9.80. The van der Waals surface area contributed by atoms with Gasteiger partial charge in [0.25, 0.3) is 5.91 Å². The Bertz CT molecular complexity index is 2170. The van der Waals surface area contributed by atoms with Crippen molar-refractivity contribution in [2.24, 2.45) is 7.05 Å². The van der Waals surface area contributed by atoms with Crippen molar-refractivity contribution in [2.75, 3.05) is 66.0 Å². The lowest BCUT2D eigenvalue weighted by Crippen LogP contribution is -2.75. The molecule has 3 aromatic carbocycles. The van der Waals surface area contributed by atoms with E-state index < -0.39 is 12.2 Å². The topological polar surface area (TPSA) is 116 Å². The second kappa shape index (κ2) is 17.4. The highest BCUT2D eigenvalue weighted by atomic mass is 16.3. The number of phenols is 1. The van der Waals surface area contributed by atoms with Crippen molar-refractivity contribution in [2.45, 2.75) is 56.9 Å². The van der Waals surface area contributed by atoms with E-state index in [9.17, 15) is 24.3 Å². The van der Waals surface area contributed by atoms with Gasteiger partial charge in [-0.2, -0.15) is 0 Å². The molecule has 4 saturated heterocycles. The van der Waals surface area contributed by atoms with Crippen LogP contribution in [0.2, 0.25) is 0 Å². The molecule has 0 spiro atoms. The van der Waals surface area contributed by atoms with Crippen LogP contribution in [0.15, 0.2) is 91.6 Å². The van der Waals surface area contributed by atoms with E-state index in [1.54, 1.807) is 50.2 Å². The van der Waals surface area contributed by atoms with Crippen LogP contribution >= 0.6 is 0 Å². The normalized spacial score (nSPS) is 21.3. The molecule has 4 aromatic rings. The largest absolute Gasteiger partial charge is 0.508 e.